The number of benzene rings is 2. The molecule has 0 bridgehead atoms. The highest BCUT2D eigenvalue weighted by Crippen LogP contribution is 2.26. The number of hydrogen-bond donors (Lipinski definition) is 2. The van der Waals surface area contributed by atoms with Gasteiger partial charge in [-0.05, 0) is 62.8 Å². The lowest BCUT2D eigenvalue weighted by molar-refractivity contribution is 0.352. The average Bonchev–Trinajstić information content (AvgIpc) is 2.78. The predicted octanol–water partition coefficient (Wildman–Crippen LogP) is 4.64. The monoisotopic (exact) mass is 403 g/mol. The van der Waals surface area contributed by atoms with Gasteiger partial charge in [-0.3, -0.25) is 0 Å². The van der Waals surface area contributed by atoms with Crippen molar-refractivity contribution in [3.05, 3.63) is 60.2 Å². The molecular formula is C25H33N5. The molecule has 1 aliphatic rings. The van der Waals surface area contributed by atoms with Crippen LogP contribution in [0.25, 0.3) is 10.9 Å². The number of hydrogen-bond acceptors (Lipinski definition) is 5. The molecule has 5 nitrogen and oxygen atoms in total. The molecular weight excluding hydrogens is 370 g/mol. The Balaban J connectivity index is 1.26. The minimum atomic E-state index is 0.448. The first-order chi connectivity index (χ1) is 14.7. The van der Waals surface area contributed by atoms with E-state index in [-0.39, 0.29) is 0 Å². The third kappa shape index (κ3) is 5.28. The van der Waals surface area contributed by atoms with Crippen molar-refractivity contribution in [1.29, 1.82) is 0 Å². The number of nitrogens with zero attached hydrogens (tertiary/aromatic N) is 3. The highest BCUT2D eigenvalue weighted by atomic mass is 15.2. The van der Waals surface area contributed by atoms with Gasteiger partial charge in [-0.25, -0.2) is 4.98 Å². The summed E-state index contributed by atoms with van der Waals surface area (Å²) in [6.07, 6.45) is 7.07. The van der Waals surface area contributed by atoms with Crippen LogP contribution in [0.15, 0.2) is 54.6 Å². The van der Waals surface area contributed by atoms with E-state index in [2.05, 4.69) is 58.0 Å². The summed E-state index contributed by atoms with van der Waals surface area (Å²) in [5, 5.41) is 8.45. The van der Waals surface area contributed by atoms with E-state index in [1.54, 1.807) is 0 Å². The van der Waals surface area contributed by atoms with Crippen molar-refractivity contribution < 1.29 is 0 Å². The second-order valence-electron chi connectivity index (χ2n) is 8.52. The van der Waals surface area contributed by atoms with Gasteiger partial charge in [0, 0.05) is 31.6 Å². The Morgan fingerprint density at radius 2 is 1.57 bits per heavy atom. The fourth-order valence-corrected chi connectivity index (χ4v) is 4.33. The molecule has 1 saturated carbocycles. The van der Waals surface area contributed by atoms with Crippen LogP contribution in [0.4, 0.5) is 11.8 Å². The normalized spacial score (nSPS) is 19.0. The molecule has 0 atom stereocenters. The minimum absolute atomic E-state index is 0.448. The molecule has 30 heavy (non-hydrogen) atoms. The molecule has 2 N–H and O–H groups in total. The Morgan fingerprint density at radius 3 is 2.33 bits per heavy atom. The highest BCUT2D eigenvalue weighted by molar-refractivity contribution is 5.90. The van der Waals surface area contributed by atoms with Crippen molar-refractivity contribution in [3.63, 3.8) is 0 Å². The van der Waals surface area contributed by atoms with E-state index < -0.39 is 0 Å². The number of nitrogens with one attached hydrogen (secondary N) is 2. The zero-order chi connectivity index (χ0) is 20.8. The second kappa shape index (κ2) is 9.90. The first kappa shape index (κ1) is 20.6. The number of rotatable bonds is 8. The van der Waals surface area contributed by atoms with Crippen LogP contribution in [0.3, 0.4) is 0 Å². The molecule has 0 radical (unpaired) electrons. The summed E-state index contributed by atoms with van der Waals surface area (Å²) >= 11 is 0. The number of aryl methyl sites for hydroxylation is 1. The Hall–Kier alpha value is -2.66. The van der Waals surface area contributed by atoms with E-state index >= 15 is 0 Å². The number of fused-ring (bicyclic) bond motifs is 1. The third-order valence-electron chi connectivity index (χ3n) is 5.99. The van der Waals surface area contributed by atoms with E-state index in [1.807, 2.05) is 26.2 Å². The van der Waals surface area contributed by atoms with Gasteiger partial charge in [0.1, 0.15) is 5.82 Å². The van der Waals surface area contributed by atoms with Crippen LogP contribution >= 0.6 is 0 Å². The van der Waals surface area contributed by atoms with Gasteiger partial charge in [0.05, 0.1) is 5.52 Å². The number of anilines is 2. The number of para-hydroxylation sites is 1. The van der Waals surface area contributed by atoms with Crippen LogP contribution in [-0.2, 0) is 6.42 Å². The summed E-state index contributed by atoms with van der Waals surface area (Å²) in [4.78, 5) is 11.6. The molecule has 5 heteroatoms. The quantitative estimate of drug-likeness (QED) is 0.537. The fourth-order valence-electron chi connectivity index (χ4n) is 4.33. The Morgan fingerprint density at radius 1 is 0.867 bits per heavy atom. The molecule has 1 heterocycles. The Labute approximate surface area is 179 Å². The smallest absolute Gasteiger partial charge is 0.225 e. The summed E-state index contributed by atoms with van der Waals surface area (Å²) in [6.45, 7) is 1.09. The zero-order valence-electron chi connectivity index (χ0n) is 18.1. The molecule has 4 rings (SSSR count). The minimum Gasteiger partial charge on any atom is -0.362 e. The first-order valence-electron chi connectivity index (χ1n) is 11.2. The van der Waals surface area contributed by atoms with E-state index in [0.29, 0.717) is 12.1 Å². The Kier molecular flexibility index (Phi) is 6.80. The van der Waals surface area contributed by atoms with Gasteiger partial charge in [0.2, 0.25) is 5.95 Å². The summed E-state index contributed by atoms with van der Waals surface area (Å²) < 4.78 is 0. The molecule has 1 aliphatic carbocycles. The van der Waals surface area contributed by atoms with Gasteiger partial charge in [-0.2, -0.15) is 4.98 Å². The van der Waals surface area contributed by atoms with E-state index in [1.165, 1.54) is 24.8 Å². The maximum absolute atomic E-state index is 4.79. The Bertz CT molecular complexity index is 933. The van der Waals surface area contributed by atoms with Crippen LogP contribution in [0.1, 0.15) is 37.7 Å². The summed E-state index contributed by atoms with van der Waals surface area (Å²) in [5.41, 5.74) is 2.42. The molecule has 1 aromatic heterocycles. The van der Waals surface area contributed by atoms with Crippen molar-refractivity contribution >= 4 is 22.7 Å². The van der Waals surface area contributed by atoms with Crippen LogP contribution < -0.4 is 15.5 Å². The van der Waals surface area contributed by atoms with Gasteiger partial charge >= 0.3 is 0 Å². The van der Waals surface area contributed by atoms with Crippen molar-refractivity contribution in [2.75, 3.05) is 30.9 Å². The largest absolute Gasteiger partial charge is 0.362 e. The SMILES string of the molecule is CN(C)c1nc(NC2CCC(NCCCc3ccccc3)CC2)nc2ccccc12. The van der Waals surface area contributed by atoms with Gasteiger partial charge in [0.25, 0.3) is 0 Å². The lowest BCUT2D eigenvalue weighted by Gasteiger charge is -2.30. The van der Waals surface area contributed by atoms with Crippen LogP contribution in [-0.4, -0.2) is 42.7 Å². The van der Waals surface area contributed by atoms with Crippen molar-refractivity contribution in [1.82, 2.24) is 15.3 Å². The maximum atomic E-state index is 4.79. The molecule has 158 valence electrons. The van der Waals surface area contributed by atoms with E-state index in [4.69, 9.17) is 9.97 Å². The maximum Gasteiger partial charge on any atom is 0.225 e. The zero-order valence-corrected chi connectivity index (χ0v) is 18.1. The molecule has 0 saturated heterocycles. The molecule has 2 aromatic carbocycles. The van der Waals surface area contributed by atoms with Crippen molar-refractivity contribution in [2.45, 2.75) is 50.6 Å². The predicted molar refractivity (Wildman–Crippen MR) is 126 cm³/mol. The standard InChI is InChI=1S/C25H33N5/c1-30(2)24-22-12-6-7-13-23(22)28-25(29-24)27-21-16-14-20(15-17-21)26-18-8-11-19-9-4-3-5-10-19/h3-7,9-10,12-13,20-21,26H,8,11,14-18H2,1-2H3,(H,27,28,29). The lowest BCUT2D eigenvalue weighted by atomic mass is 9.91. The van der Waals surface area contributed by atoms with Crippen LogP contribution in [0.5, 0.6) is 0 Å². The topological polar surface area (TPSA) is 53.1 Å². The molecule has 1 fully saturated rings. The van der Waals surface area contributed by atoms with Gasteiger partial charge in [0.15, 0.2) is 0 Å². The van der Waals surface area contributed by atoms with E-state index in [0.717, 1.165) is 48.5 Å². The lowest BCUT2D eigenvalue weighted by Crippen LogP contribution is -2.37. The highest BCUT2D eigenvalue weighted by Gasteiger charge is 2.21. The van der Waals surface area contributed by atoms with Gasteiger partial charge in [-0.1, -0.05) is 42.5 Å². The average molecular weight is 404 g/mol. The first-order valence-corrected chi connectivity index (χ1v) is 11.2. The van der Waals surface area contributed by atoms with Crippen LogP contribution in [0.2, 0.25) is 0 Å². The van der Waals surface area contributed by atoms with Crippen molar-refractivity contribution in [2.24, 2.45) is 0 Å². The molecule has 0 amide bonds. The molecule has 0 unspecified atom stereocenters. The van der Waals surface area contributed by atoms with Gasteiger partial charge in [-0.15, -0.1) is 0 Å². The molecule has 0 spiro atoms. The number of aromatic nitrogens is 2. The van der Waals surface area contributed by atoms with E-state index in [9.17, 15) is 0 Å². The third-order valence-corrected chi connectivity index (χ3v) is 5.99. The summed E-state index contributed by atoms with van der Waals surface area (Å²) in [6, 6.07) is 20.1. The fraction of sp³-hybridized carbons (Fsp3) is 0.440. The summed E-state index contributed by atoms with van der Waals surface area (Å²) in [7, 11) is 4.07. The summed E-state index contributed by atoms with van der Waals surface area (Å²) in [5.74, 6) is 1.72. The molecule has 0 aliphatic heterocycles. The second-order valence-corrected chi connectivity index (χ2v) is 8.52. The van der Waals surface area contributed by atoms with Gasteiger partial charge < -0.3 is 15.5 Å². The van der Waals surface area contributed by atoms with Crippen molar-refractivity contribution in [3.8, 4) is 0 Å². The van der Waals surface area contributed by atoms with Crippen LogP contribution in [0, 0.1) is 0 Å². The molecule has 3 aromatic rings.